The standard InChI is InChI=1S/C11H15N3S/c1-8-4-10-11(13-5-8)14-2-3-15-7-9(14)6-12-10/h4-5,9,12H,2-3,6-7H2,1H3. The van der Waals surface area contributed by atoms with E-state index in [1.165, 1.54) is 22.8 Å². The molecule has 1 atom stereocenters. The summed E-state index contributed by atoms with van der Waals surface area (Å²) in [5, 5.41) is 3.49. The number of nitrogens with one attached hydrogen (secondary N) is 1. The van der Waals surface area contributed by atoms with E-state index in [9.17, 15) is 0 Å². The molecule has 80 valence electrons. The van der Waals surface area contributed by atoms with Crippen LogP contribution in [0.2, 0.25) is 0 Å². The molecule has 2 aliphatic heterocycles. The van der Waals surface area contributed by atoms with Crippen molar-refractivity contribution < 1.29 is 0 Å². The van der Waals surface area contributed by atoms with E-state index in [-0.39, 0.29) is 0 Å². The number of thioether (sulfide) groups is 1. The van der Waals surface area contributed by atoms with Gasteiger partial charge >= 0.3 is 0 Å². The van der Waals surface area contributed by atoms with Crippen LogP contribution in [0, 0.1) is 6.92 Å². The maximum atomic E-state index is 4.56. The van der Waals surface area contributed by atoms with Gasteiger partial charge in [-0.2, -0.15) is 11.8 Å². The first-order valence-electron chi connectivity index (χ1n) is 5.39. The highest BCUT2D eigenvalue weighted by atomic mass is 32.2. The Hall–Kier alpha value is -0.900. The van der Waals surface area contributed by atoms with Crippen molar-refractivity contribution >= 4 is 23.3 Å². The third-order valence-electron chi connectivity index (χ3n) is 3.03. The topological polar surface area (TPSA) is 28.2 Å². The summed E-state index contributed by atoms with van der Waals surface area (Å²) < 4.78 is 0. The second kappa shape index (κ2) is 3.59. The fraction of sp³-hybridized carbons (Fsp3) is 0.545. The van der Waals surface area contributed by atoms with Crippen LogP contribution in [0.15, 0.2) is 12.3 Å². The molecular weight excluding hydrogens is 206 g/mol. The van der Waals surface area contributed by atoms with E-state index in [1.54, 1.807) is 0 Å². The largest absolute Gasteiger partial charge is 0.380 e. The summed E-state index contributed by atoms with van der Waals surface area (Å²) in [5.74, 6) is 3.60. The van der Waals surface area contributed by atoms with Gasteiger partial charge in [-0.15, -0.1) is 0 Å². The highest BCUT2D eigenvalue weighted by molar-refractivity contribution is 7.99. The van der Waals surface area contributed by atoms with Gasteiger partial charge in [-0.3, -0.25) is 0 Å². The van der Waals surface area contributed by atoms with E-state index in [2.05, 4.69) is 28.2 Å². The minimum Gasteiger partial charge on any atom is -0.380 e. The number of pyridine rings is 1. The van der Waals surface area contributed by atoms with E-state index in [0.29, 0.717) is 6.04 Å². The van der Waals surface area contributed by atoms with Crippen molar-refractivity contribution in [2.24, 2.45) is 0 Å². The smallest absolute Gasteiger partial charge is 0.152 e. The van der Waals surface area contributed by atoms with Crippen LogP contribution in [0.25, 0.3) is 0 Å². The van der Waals surface area contributed by atoms with Crippen LogP contribution in [0.1, 0.15) is 5.56 Å². The number of hydrogen-bond donors (Lipinski definition) is 1. The lowest BCUT2D eigenvalue weighted by Crippen LogP contribution is -2.49. The van der Waals surface area contributed by atoms with Crippen molar-refractivity contribution in [1.82, 2.24) is 4.98 Å². The third kappa shape index (κ3) is 1.57. The molecule has 1 aromatic rings. The normalized spacial score (nSPS) is 24.1. The number of anilines is 2. The summed E-state index contributed by atoms with van der Waals surface area (Å²) in [4.78, 5) is 7.02. The van der Waals surface area contributed by atoms with Gasteiger partial charge in [0.05, 0.1) is 11.7 Å². The number of hydrogen-bond acceptors (Lipinski definition) is 4. The zero-order chi connectivity index (χ0) is 10.3. The Kier molecular flexibility index (Phi) is 2.24. The van der Waals surface area contributed by atoms with Crippen molar-refractivity contribution in [3.63, 3.8) is 0 Å². The number of fused-ring (bicyclic) bond motifs is 3. The Morgan fingerprint density at radius 3 is 3.47 bits per heavy atom. The average Bonchev–Trinajstić information content (AvgIpc) is 2.28. The van der Waals surface area contributed by atoms with Gasteiger partial charge in [0.15, 0.2) is 5.82 Å². The Bertz CT molecular complexity index is 380. The van der Waals surface area contributed by atoms with E-state index >= 15 is 0 Å². The Balaban J connectivity index is 1.99. The molecule has 0 spiro atoms. The van der Waals surface area contributed by atoms with Gasteiger partial charge in [0.25, 0.3) is 0 Å². The molecule has 3 nitrogen and oxygen atoms in total. The summed E-state index contributed by atoms with van der Waals surface area (Å²) in [7, 11) is 0. The molecule has 0 radical (unpaired) electrons. The van der Waals surface area contributed by atoms with E-state index in [0.717, 1.165) is 18.9 Å². The first kappa shape index (κ1) is 9.33. The molecule has 15 heavy (non-hydrogen) atoms. The monoisotopic (exact) mass is 221 g/mol. The average molecular weight is 221 g/mol. The molecule has 0 bridgehead atoms. The zero-order valence-corrected chi connectivity index (χ0v) is 9.68. The van der Waals surface area contributed by atoms with Gasteiger partial charge in [0.1, 0.15) is 0 Å². The Labute approximate surface area is 94.3 Å². The van der Waals surface area contributed by atoms with Gasteiger partial charge in [0.2, 0.25) is 0 Å². The molecular formula is C11H15N3S. The molecule has 1 unspecified atom stereocenters. The molecule has 0 aliphatic carbocycles. The van der Waals surface area contributed by atoms with Crippen molar-refractivity contribution in [3.8, 4) is 0 Å². The van der Waals surface area contributed by atoms with Gasteiger partial charge < -0.3 is 10.2 Å². The van der Waals surface area contributed by atoms with Gasteiger partial charge in [-0.05, 0) is 18.6 Å². The molecule has 3 heterocycles. The summed E-state index contributed by atoms with van der Waals surface area (Å²) in [6.45, 7) is 4.29. The van der Waals surface area contributed by atoms with Crippen molar-refractivity contribution in [2.45, 2.75) is 13.0 Å². The summed E-state index contributed by atoms with van der Waals surface area (Å²) in [5.41, 5.74) is 2.43. The van der Waals surface area contributed by atoms with Crippen LogP contribution < -0.4 is 10.2 Å². The molecule has 4 heteroatoms. The number of nitrogens with zero attached hydrogens (tertiary/aromatic N) is 2. The number of aromatic nitrogens is 1. The lowest BCUT2D eigenvalue weighted by atomic mass is 10.1. The lowest BCUT2D eigenvalue weighted by Gasteiger charge is -2.41. The Morgan fingerprint density at radius 2 is 2.53 bits per heavy atom. The molecule has 0 amide bonds. The second-order valence-electron chi connectivity index (χ2n) is 4.19. The first-order chi connectivity index (χ1) is 7.34. The summed E-state index contributed by atoms with van der Waals surface area (Å²) in [6.07, 6.45) is 1.96. The molecule has 1 aromatic heterocycles. The highest BCUT2D eigenvalue weighted by Gasteiger charge is 2.29. The third-order valence-corrected chi connectivity index (χ3v) is 4.12. The summed E-state index contributed by atoms with van der Waals surface area (Å²) >= 11 is 2.05. The summed E-state index contributed by atoms with van der Waals surface area (Å²) in [6, 6.07) is 2.83. The SMILES string of the molecule is Cc1cnc2c(c1)NCC1CSCCN21. The molecule has 1 N–H and O–H groups in total. The number of rotatable bonds is 0. The van der Waals surface area contributed by atoms with Crippen LogP contribution in [0.5, 0.6) is 0 Å². The maximum absolute atomic E-state index is 4.56. The van der Waals surface area contributed by atoms with E-state index in [1.807, 2.05) is 18.0 Å². The molecule has 1 fully saturated rings. The fourth-order valence-corrected chi connectivity index (χ4v) is 3.31. The van der Waals surface area contributed by atoms with Crippen molar-refractivity contribution in [1.29, 1.82) is 0 Å². The van der Waals surface area contributed by atoms with Crippen LogP contribution in [0.4, 0.5) is 11.5 Å². The van der Waals surface area contributed by atoms with Crippen molar-refractivity contribution in [3.05, 3.63) is 17.8 Å². The molecule has 3 rings (SSSR count). The molecule has 0 saturated carbocycles. The van der Waals surface area contributed by atoms with E-state index < -0.39 is 0 Å². The van der Waals surface area contributed by atoms with Crippen molar-refractivity contribution in [2.75, 3.05) is 34.8 Å². The first-order valence-corrected chi connectivity index (χ1v) is 6.55. The minimum atomic E-state index is 0.631. The highest BCUT2D eigenvalue weighted by Crippen LogP contribution is 2.32. The fourth-order valence-electron chi connectivity index (χ4n) is 2.25. The molecule has 1 saturated heterocycles. The quantitative estimate of drug-likeness (QED) is 0.722. The van der Waals surface area contributed by atoms with Gasteiger partial charge in [-0.1, -0.05) is 0 Å². The molecule has 0 aromatic carbocycles. The zero-order valence-electron chi connectivity index (χ0n) is 8.86. The second-order valence-corrected chi connectivity index (χ2v) is 5.34. The van der Waals surface area contributed by atoms with Crippen LogP contribution in [-0.4, -0.2) is 35.6 Å². The van der Waals surface area contributed by atoms with Crippen LogP contribution >= 0.6 is 11.8 Å². The number of aryl methyl sites for hydroxylation is 1. The van der Waals surface area contributed by atoms with E-state index in [4.69, 9.17) is 0 Å². The molecule has 2 aliphatic rings. The lowest BCUT2D eigenvalue weighted by molar-refractivity contribution is 0.646. The van der Waals surface area contributed by atoms with Gasteiger partial charge in [0, 0.05) is 30.8 Å². The Morgan fingerprint density at radius 1 is 1.60 bits per heavy atom. The maximum Gasteiger partial charge on any atom is 0.152 e. The predicted octanol–water partition coefficient (Wildman–Crippen LogP) is 1.74. The van der Waals surface area contributed by atoms with Crippen LogP contribution in [0.3, 0.4) is 0 Å². The van der Waals surface area contributed by atoms with Crippen LogP contribution in [-0.2, 0) is 0 Å². The predicted molar refractivity (Wildman–Crippen MR) is 65.9 cm³/mol. The minimum absolute atomic E-state index is 0.631. The van der Waals surface area contributed by atoms with Gasteiger partial charge in [-0.25, -0.2) is 4.98 Å².